The van der Waals surface area contributed by atoms with Crippen LogP contribution in [0.5, 0.6) is 0 Å². The second kappa shape index (κ2) is 8.14. The maximum absolute atomic E-state index is 12.6. The first-order valence-corrected chi connectivity index (χ1v) is 9.32. The Hall–Kier alpha value is -2.99. The van der Waals surface area contributed by atoms with E-state index in [2.05, 4.69) is 44.8 Å². The van der Waals surface area contributed by atoms with Crippen LogP contribution in [0.1, 0.15) is 28.8 Å². The third kappa shape index (κ3) is 4.41. The molecule has 2 aromatic carbocycles. The van der Waals surface area contributed by atoms with Gasteiger partial charge in [-0.1, -0.05) is 41.6 Å². The average Bonchev–Trinajstić information content (AvgIpc) is 3.25. The summed E-state index contributed by atoms with van der Waals surface area (Å²) in [6, 6.07) is 18.2. The van der Waals surface area contributed by atoms with Gasteiger partial charge in [0, 0.05) is 31.2 Å². The standard InChI is InChI=1S/C21H23N5O/c27-21(18-7-4-8-20(15-18)26-14-11-22-24-26)23-19-9-12-25(13-10-19)16-17-5-2-1-3-6-17/h1-8,11,14-15,19H,9-10,12-13,16H2,(H,23,27). The van der Waals surface area contributed by atoms with Gasteiger partial charge in [0.2, 0.25) is 0 Å². The number of carbonyl (C=O) groups excluding carboxylic acids is 1. The van der Waals surface area contributed by atoms with Crippen LogP contribution >= 0.6 is 0 Å². The molecule has 1 amide bonds. The van der Waals surface area contributed by atoms with Gasteiger partial charge in [0.25, 0.3) is 5.91 Å². The minimum atomic E-state index is -0.0292. The van der Waals surface area contributed by atoms with Crippen molar-refractivity contribution in [1.82, 2.24) is 25.2 Å². The molecule has 0 radical (unpaired) electrons. The fourth-order valence-electron chi connectivity index (χ4n) is 3.48. The van der Waals surface area contributed by atoms with Crippen LogP contribution < -0.4 is 5.32 Å². The van der Waals surface area contributed by atoms with Crippen LogP contribution in [0.3, 0.4) is 0 Å². The molecule has 6 nitrogen and oxygen atoms in total. The van der Waals surface area contributed by atoms with Crippen LogP contribution in [0.4, 0.5) is 0 Å². The summed E-state index contributed by atoms with van der Waals surface area (Å²) < 4.78 is 1.65. The van der Waals surface area contributed by atoms with Gasteiger partial charge in [0.1, 0.15) is 0 Å². The minimum Gasteiger partial charge on any atom is -0.349 e. The highest BCUT2D eigenvalue weighted by atomic mass is 16.1. The minimum absolute atomic E-state index is 0.0292. The normalized spacial score (nSPS) is 15.6. The molecule has 1 fully saturated rings. The molecular formula is C21H23N5O. The molecule has 1 aliphatic heterocycles. The molecule has 0 saturated carbocycles. The van der Waals surface area contributed by atoms with Crippen molar-refractivity contribution in [3.63, 3.8) is 0 Å². The van der Waals surface area contributed by atoms with Gasteiger partial charge in [-0.25, -0.2) is 4.68 Å². The Labute approximate surface area is 158 Å². The molecule has 3 aromatic rings. The van der Waals surface area contributed by atoms with Gasteiger partial charge >= 0.3 is 0 Å². The van der Waals surface area contributed by atoms with Crippen LogP contribution in [0.25, 0.3) is 5.69 Å². The van der Waals surface area contributed by atoms with E-state index in [1.165, 1.54) is 5.56 Å². The molecule has 0 spiro atoms. The van der Waals surface area contributed by atoms with Crippen molar-refractivity contribution < 1.29 is 4.79 Å². The van der Waals surface area contributed by atoms with Gasteiger partial charge in [-0.05, 0) is 36.6 Å². The Bertz CT molecular complexity index is 871. The molecule has 0 unspecified atom stereocenters. The molecule has 1 aromatic heterocycles. The van der Waals surface area contributed by atoms with E-state index in [1.807, 2.05) is 30.3 Å². The van der Waals surface area contributed by atoms with Gasteiger partial charge in [-0.3, -0.25) is 9.69 Å². The number of rotatable bonds is 5. The highest BCUT2D eigenvalue weighted by molar-refractivity contribution is 5.94. The summed E-state index contributed by atoms with van der Waals surface area (Å²) in [5.41, 5.74) is 2.82. The van der Waals surface area contributed by atoms with Crippen LogP contribution in [0.15, 0.2) is 67.0 Å². The molecule has 138 valence electrons. The summed E-state index contributed by atoms with van der Waals surface area (Å²) in [7, 11) is 0. The SMILES string of the molecule is O=C(NC1CCN(Cc2ccccc2)CC1)c1cccc(-n2ccnn2)c1. The van der Waals surface area contributed by atoms with E-state index in [-0.39, 0.29) is 11.9 Å². The van der Waals surface area contributed by atoms with Crippen molar-refractivity contribution in [3.05, 3.63) is 78.1 Å². The largest absolute Gasteiger partial charge is 0.349 e. The van der Waals surface area contributed by atoms with Crippen LogP contribution in [0.2, 0.25) is 0 Å². The Morgan fingerprint density at radius 2 is 1.89 bits per heavy atom. The zero-order chi connectivity index (χ0) is 18.5. The topological polar surface area (TPSA) is 63.1 Å². The number of likely N-dealkylation sites (tertiary alicyclic amines) is 1. The van der Waals surface area contributed by atoms with E-state index < -0.39 is 0 Å². The Kier molecular flexibility index (Phi) is 5.25. The highest BCUT2D eigenvalue weighted by Crippen LogP contribution is 2.15. The predicted octanol–water partition coefficient (Wildman–Crippen LogP) is 2.66. The van der Waals surface area contributed by atoms with Crippen molar-refractivity contribution in [1.29, 1.82) is 0 Å². The molecule has 27 heavy (non-hydrogen) atoms. The van der Waals surface area contributed by atoms with Gasteiger partial charge in [-0.15, -0.1) is 5.10 Å². The van der Waals surface area contributed by atoms with Crippen molar-refractivity contribution >= 4 is 5.91 Å². The van der Waals surface area contributed by atoms with Gasteiger partial charge in [-0.2, -0.15) is 0 Å². The third-order valence-corrected chi connectivity index (χ3v) is 4.97. The fraction of sp³-hybridized carbons (Fsp3) is 0.286. The van der Waals surface area contributed by atoms with Crippen molar-refractivity contribution in [2.75, 3.05) is 13.1 Å². The van der Waals surface area contributed by atoms with E-state index in [9.17, 15) is 4.79 Å². The van der Waals surface area contributed by atoms with Gasteiger partial charge < -0.3 is 5.32 Å². The summed E-state index contributed by atoms with van der Waals surface area (Å²) in [6.45, 7) is 2.97. The Morgan fingerprint density at radius 1 is 1.07 bits per heavy atom. The second-order valence-corrected chi connectivity index (χ2v) is 6.91. The first kappa shape index (κ1) is 17.4. The molecule has 0 atom stereocenters. The van der Waals surface area contributed by atoms with E-state index >= 15 is 0 Å². The first-order valence-electron chi connectivity index (χ1n) is 9.32. The molecule has 4 rings (SSSR count). The fourth-order valence-corrected chi connectivity index (χ4v) is 3.48. The molecule has 0 aliphatic carbocycles. The number of hydrogen-bond donors (Lipinski definition) is 1. The second-order valence-electron chi connectivity index (χ2n) is 6.91. The van der Waals surface area contributed by atoms with Crippen LogP contribution in [-0.2, 0) is 6.54 Å². The van der Waals surface area contributed by atoms with Gasteiger partial charge in [0.15, 0.2) is 0 Å². The molecule has 1 aliphatic rings. The van der Waals surface area contributed by atoms with E-state index in [4.69, 9.17) is 0 Å². The number of nitrogens with one attached hydrogen (secondary N) is 1. The van der Waals surface area contributed by atoms with Gasteiger partial charge in [0.05, 0.1) is 18.1 Å². The predicted molar refractivity (Wildman–Crippen MR) is 104 cm³/mol. The maximum atomic E-state index is 12.6. The van der Waals surface area contributed by atoms with E-state index in [0.717, 1.165) is 38.2 Å². The smallest absolute Gasteiger partial charge is 0.251 e. The zero-order valence-electron chi connectivity index (χ0n) is 15.2. The summed E-state index contributed by atoms with van der Waals surface area (Å²) >= 11 is 0. The third-order valence-electron chi connectivity index (χ3n) is 4.97. The lowest BCUT2D eigenvalue weighted by Gasteiger charge is -2.32. The molecular weight excluding hydrogens is 338 g/mol. The molecule has 1 N–H and O–H groups in total. The molecule has 0 bridgehead atoms. The first-order chi connectivity index (χ1) is 13.3. The number of piperidine rings is 1. The molecule has 6 heteroatoms. The maximum Gasteiger partial charge on any atom is 0.251 e. The number of hydrogen-bond acceptors (Lipinski definition) is 4. The molecule has 2 heterocycles. The lowest BCUT2D eigenvalue weighted by molar-refractivity contribution is 0.0909. The zero-order valence-corrected chi connectivity index (χ0v) is 15.2. The van der Waals surface area contributed by atoms with Crippen molar-refractivity contribution in [2.45, 2.75) is 25.4 Å². The Balaban J connectivity index is 1.31. The Morgan fingerprint density at radius 3 is 2.63 bits per heavy atom. The number of nitrogens with zero attached hydrogens (tertiary/aromatic N) is 4. The molecule has 1 saturated heterocycles. The quantitative estimate of drug-likeness (QED) is 0.759. The average molecular weight is 361 g/mol. The number of carbonyl (C=O) groups is 1. The summed E-state index contributed by atoms with van der Waals surface area (Å²) in [5, 5.41) is 11.0. The van der Waals surface area contributed by atoms with Crippen LogP contribution in [-0.4, -0.2) is 44.9 Å². The number of aromatic nitrogens is 3. The lowest BCUT2D eigenvalue weighted by atomic mass is 10.0. The van der Waals surface area contributed by atoms with E-state index in [0.29, 0.717) is 5.56 Å². The summed E-state index contributed by atoms with van der Waals surface area (Å²) in [5.74, 6) is -0.0292. The highest BCUT2D eigenvalue weighted by Gasteiger charge is 2.21. The van der Waals surface area contributed by atoms with E-state index in [1.54, 1.807) is 17.1 Å². The monoisotopic (exact) mass is 361 g/mol. The number of benzene rings is 2. The lowest BCUT2D eigenvalue weighted by Crippen LogP contribution is -2.44. The summed E-state index contributed by atoms with van der Waals surface area (Å²) in [4.78, 5) is 15.1. The van der Waals surface area contributed by atoms with Crippen molar-refractivity contribution in [2.24, 2.45) is 0 Å². The van der Waals surface area contributed by atoms with Crippen molar-refractivity contribution in [3.8, 4) is 5.69 Å². The van der Waals surface area contributed by atoms with Crippen LogP contribution in [0, 0.1) is 0 Å². The number of amides is 1. The summed E-state index contributed by atoms with van der Waals surface area (Å²) in [6.07, 6.45) is 5.33.